The molecule has 4 aliphatic rings. The van der Waals surface area contributed by atoms with E-state index in [1.807, 2.05) is 36.5 Å². The van der Waals surface area contributed by atoms with Gasteiger partial charge >= 0.3 is 5.97 Å². The van der Waals surface area contributed by atoms with Gasteiger partial charge in [0.2, 0.25) is 0 Å². The molecule has 3 aromatic rings. The van der Waals surface area contributed by atoms with E-state index in [0.29, 0.717) is 48.8 Å². The van der Waals surface area contributed by atoms with E-state index in [1.54, 1.807) is 0 Å². The number of aliphatic carboxylic acids is 1. The van der Waals surface area contributed by atoms with Gasteiger partial charge in [-0.2, -0.15) is 0 Å². The highest BCUT2D eigenvalue weighted by Gasteiger charge is 2.54. The molecule has 7 rings (SSSR count). The molecule has 0 unspecified atom stereocenters. The summed E-state index contributed by atoms with van der Waals surface area (Å²) in [6.45, 7) is 6.69. The molecule has 4 atom stereocenters. The van der Waals surface area contributed by atoms with E-state index in [2.05, 4.69) is 55.3 Å². The number of hydrogen-bond acceptors (Lipinski definition) is 7. The molecule has 9 heteroatoms. The molecule has 0 radical (unpaired) electrons. The number of nitrogens with zero attached hydrogens (tertiary/aromatic N) is 2. The molecule has 0 bridgehead atoms. The molecule has 0 amide bonds. The monoisotopic (exact) mass is 701 g/mol. The summed E-state index contributed by atoms with van der Waals surface area (Å²) in [5.41, 5.74) is 4.60. The standard InChI is InChI=1S/C41H52ClN3O5/c1-26(24-48-35-11-17-43-34-10-5-7-27(2)38(34)35)19-29-20-28-21-37-36(49-25-32(50-37)12-18-45(3)4)23-33(28)40(29)13-15-41(16-14-40,39(46)47)44-31-9-6-8-30(42)22-31/h6,8-9,11,17,21-23,26-27,29,32,44H,5,7,10,12-16,18-20,24-25H2,1-4H3,(H,46,47)/t26-,27-,29+,32-,40?,41?/m1/s1. The summed E-state index contributed by atoms with van der Waals surface area (Å²) in [4.78, 5) is 19.8. The molecule has 1 fully saturated rings. The number of halogens is 1. The molecule has 1 aliphatic heterocycles. The quantitative estimate of drug-likeness (QED) is 0.206. The zero-order valence-electron chi connectivity index (χ0n) is 30.0. The molecule has 3 aliphatic carbocycles. The summed E-state index contributed by atoms with van der Waals surface area (Å²) >= 11 is 6.29. The number of ether oxygens (including phenoxy) is 3. The summed E-state index contributed by atoms with van der Waals surface area (Å²) in [5, 5.41) is 14.6. The van der Waals surface area contributed by atoms with Gasteiger partial charge in [0.15, 0.2) is 11.5 Å². The Bertz CT molecular complexity index is 1700. The molecule has 2 heterocycles. The third kappa shape index (κ3) is 6.90. The van der Waals surface area contributed by atoms with Crippen LogP contribution in [0.3, 0.4) is 0 Å². The average molecular weight is 702 g/mol. The minimum absolute atomic E-state index is 0.0244. The van der Waals surface area contributed by atoms with Gasteiger partial charge in [-0.15, -0.1) is 0 Å². The van der Waals surface area contributed by atoms with Crippen molar-refractivity contribution in [2.24, 2.45) is 11.8 Å². The van der Waals surface area contributed by atoms with Crippen molar-refractivity contribution >= 4 is 23.3 Å². The molecule has 268 valence electrons. The molecule has 0 saturated heterocycles. The van der Waals surface area contributed by atoms with Crippen LogP contribution in [-0.2, 0) is 23.1 Å². The third-order valence-corrected chi connectivity index (χ3v) is 12.2. The maximum Gasteiger partial charge on any atom is 0.329 e. The zero-order valence-corrected chi connectivity index (χ0v) is 30.7. The highest BCUT2D eigenvalue weighted by molar-refractivity contribution is 6.30. The number of benzene rings is 2. The van der Waals surface area contributed by atoms with Crippen molar-refractivity contribution in [3.8, 4) is 17.2 Å². The number of fused-ring (bicyclic) bond motifs is 4. The maximum absolute atomic E-state index is 13.0. The molecule has 2 N–H and O–H groups in total. The number of nitrogens with one attached hydrogen (secondary N) is 1. The van der Waals surface area contributed by atoms with E-state index in [-0.39, 0.29) is 11.5 Å². The van der Waals surface area contributed by atoms with Crippen LogP contribution >= 0.6 is 11.6 Å². The SMILES string of the molecule is C[C@@H](COc1ccnc2c1[C@H](C)CCC2)C[C@H]1Cc2cc3c(cc2C12CCC(Nc1cccc(Cl)c1)(C(=O)O)CC2)OC[C@@H](CCN(C)C)O3. The number of pyridine rings is 1. The van der Waals surface area contributed by atoms with E-state index >= 15 is 0 Å². The fourth-order valence-electron chi connectivity index (χ4n) is 9.26. The highest BCUT2D eigenvalue weighted by atomic mass is 35.5. The third-order valence-electron chi connectivity index (χ3n) is 12.0. The normalized spacial score (nSPS) is 27.4. The van der Waals surface area contributed by atoms with Crippen LogP contribution in [-0.4, -0.2) is 66.5 Å². The minimum atomic E-state index is -1.07. The Labute approximate surface area is 301 Å². The number of aryl methyl sites for hydroxylation is 1. The lowest BCUT2D eigenvalue weighted by Crippen LogP contribution is -2.53. The molecular weight excluding hydrogens is 650 g/mol. The summed E-state index contributed by atoms with van der Waals surface area (Å²) in [5.74, 6) is 2.92. The molecule has 1 aromatic heterocycles. The summed E-state index contributed by atoms with van der Waals surface area (Å²) in [6, 6.07) is 13.9. The van der Waals surface area contributed by atoms with Crippen molar-refractivity contribution < 1.29 is 24.1 Å². The lowest BCUT2D eigenvalue weighted by molar-refractivity contribution is -0.144. The number of carboxylic acids is 1. The van der Waals surface area contributed by atoms with Crippen molar-refractivity contribution in [1.82, 2.24) is 9.88 Å². The predicted molar refractivity (Wildman–Crippen MR) is 197 cm³/mol. The Morgan fingerprint density at radius 1 is 1.16 bits per heavy atom. The number of anilines is 1. The maximum atomic E-state index is 13.0. The molecule has 50 heavy (non-hydrogen) atoms. The lowest BCUT2D eigenvalue weighted by Gasteiger charge is -2.47. The van der Waals surface area contributed by atoms with Gasteiger partial charge < -0.3 is 29.5 Å². The van der Waals surface area contributed by atoms with Gasteiger partial charge in [-0.1, -0.05) is 31.5 Å². The number of carbonyl (C=O) groups is 1. The van der Waals surface area contributed by atoms with Gasteiger partial charge in [-0.25, -0.2) is 4.79 Å². The molecule has 1 saturated carbocycles. The topological polar surface area (TPSA) is 93.2 Å². The van der Waals surface area contributed by atoms with E-state index < -0.39 is 11.5 Å². The fraction of sp³-hybridized carbons (Fsp3) is 0.561. The van der Waals surface area contributed by atoms with E-state index in [0.717, 1.165) is 68.0 Å². The van der Waals surface area contributed by atoms with Crippen molar-refractivity contribution in [2.45, 2.75) is 101 Å². The second-order valence-electron chi connectivity index (χ2n) is 15.8. The van der Waals surface area contributed by atoms with Crippen LogP contribution in [0.4, 0.5) is 5.69 Å². The Kier molecular flexibility index (Phi) is 9.97. The number of aromatic nitrogens is 1. The second-order valence-corrected chi connectivity index (χ2v) is 16.2. The molecule has 2 aromatic carbocycles. The van der Waals surface area contributed by atoms with Crippen LogP contribution in [0.5, 0.6) is 17.2 Å². The first-order valence-corrected chi connectivity index (χ1v) is 18.9. The first-order valence-electron chi connectivity index (χ1n) is 18.5. The van der Waals surface area contributed by atoms with Crippen LogP contribution in [0.1, 0.15) is 93.5 Å². The van der Waals surface area contributed by atoms with Crippen molar-refractivity contribution in [3.05, 3.63) is 76.1 Å². The number of hydrogen-bond donors (Lipinski definition) is 2. The zero-order chi connectivity index (χ0) is 35.0. The fourth-order valence-corrected chi connectivity index (χ4v) is 9.45. The van der Waals surface area contributed by atoms with Crippen LogP contribution in [0.25, 0.3) is 0 Å². The van der Waals surface area contributed by atoms with Crippen LogP contribution in [0.15, 0.2) is 48.7 Å². The van der Waals surface area contributed by atoms with Gasteiger partial charge in [0.05, 0.1) is 6.61 Å². The first kappa shape index (κ1) is 34.9. The highest BCUT2D eigenvalue weighted by Crippen LogP contribution is 2.58. The van der Waals surface area contributed by atoms with Gasteiger partial charge in [-0.05, 0) is 143 Å². The molecular formula is C41H52ClN3O5. The largest absolute Gasteiger partial charge is 0.493 e. The Balaban J connectivity index is 1.14. The van der Waals surface area contributed by atoms with Gasteiger partial charge in [0.1, 0.15) is 24.0 Å². The summed E-state index contributed by atoms with van der Waals surface area (Å²) in [6.07, 6.45) is 10.7. The number of rotatable bonds is 11. The van der Waals surface area contributed by atoms with Gasteiger partial charge in [-0.3, -0.25) is 4.98 Å². The van der Waals surface area contributed by atoms with E-state index in [4.69, 9.17) is 25.8 Å². The molecule has 8 nitrogen and oxygen atoms in total. The predicted octanol–water partition coefficient (Wildman–Crippen LogP) is 8.29. The Morgan fingerprint density at radius 3 is 2.74 bits per heavy atom. The van der Waals surface area contributed by atoms with Crippen LogP contribution in [0.2, 0.25) is 5.02 Å². The smallest absolute Gasteiger partial charge is 0.329 e. The van der Waals surface area contributed by atoms with E-state index in [1.165, 1.54) is 35.2 Å². The van der Waals surface area contributed by atoms with Crippen molar-refractivity contribution in [1.29, 1.82) is 0 Å². The summed E-state index contributed by atoms with van der Waals surface area (Å²) < 4.78 is 19.5. The van der Waals surface area contributed by atoms with E-state index in [9.17, 15) is 9.90 Å². The van der Waals surface area contributed by atoms with Crippen molar-refractivity contribution in [3.63, 3.8) is 0 Å². The minimum Gasteiger partial charge on any atom is -0.493 e. The lowest BCUT2D eigenvalue weighted by atomic mass is 9.59. The van der Waals surface area contributed by atoms with Crippen LogP contribution in [0, 0.1) is 11.8 Å². The van der Waals surface area contributed by atoms with Gasteiger partial charge in [0, 0.05) is 41.1 Å². The van der Waals surface area contributed by atoms with Gasteiger partial charge in [0.25, 0.3) is 0 Å². The Hall–Kier alpha value is -3.49. The summed E-state index contributed by atoms with van der Waals surface area (Å²) in [7, 11) is 4.16. The van der Waals surface area contributed by atoms with Crippen molar-refractivity contribution in [2.75, 3.05) is 39.2 Å². The average Bonchev–Trinajstić information content (AvgIpc) is 3.37. The number of carboxylic acid groups (broad SMARTS) is 1. The van der Waals surface area contributed by atoms with Crippen LogP contribution < -0.4 is 19.5 Å². The second kappa shape index (κ2) is 14.3. The first-order chi connectivity index (χ1) is 24.0. The Morgan fingerprint density at radius 2 is 1.98 bits per heavy atom. The molecule has 1 spiro atoms.